The molecule has 1 aliphatic rings. The molecule has 30 heavy (non-hydrogen) atoms. The molecule has 0 saturated carbocycles. The van der Waals surface area contributed by atoms with Crippen LogP contribution < -0.4 is 11.5 Å². The van der Waals surface area contributed by atoms with Gasteiger partial charge in [0.15, 0.2) is 5.82 Å². The predicted molar refractivity (Wildman–Crippen MR) is 106 cm³/mol. The second-order valence-corrected chi connectivity index (χ2v) is 7.41. The second kappa shape index (κ2) is 10.1. The Morgan fingerprint density at radius 1 is 1.33 bits per heavy atom. The summed E-state index contributed by atoms with van der Waals surface area (Å²) >= 11 is 0. The summed E-state index contributed by atoms with van der Waals surface area (Å²) < 4.78 is 9.83. The van der Waals surface area contributed by atoms with Gasteiger partial charge in [0.1, 0.15) is 6.61 Å². The zero-order valence-electron chi connectivity index (χ0n) is 16.5. The van der Waals surface area contributed by atoms with Crippen molar-refractivity contribution in [2.75, 3.05) is 6.54 Å². The number of aliphatic carboxylic acids is 1. The average molecular weight is 418 g/mol. The summed E-state index contributed by atoms with van der Waals surface area (Å²) in [7, 11) is 0. The molecule has 1 aromatic heterocycles. The Labute approximate surface area is 173 Å². The van der Waals surface area contributed by atoms with Crippen molar-refractivity contribution in [1.29, 1.82) is 0 Å². The molecule has 3 unspecified atom stereocenters. The Bertz CT molecular complexity index is 896. The average Bonchev–Trinajstić information content (AvgIpc) is 3.32. The van der Waals surface area contributed by atoms with E-state index >= 15 is 0 Å². The molecule has 4 N–H and O–H groups in total. The maximum atomic E-state index is 12.6. The lowest BCUT2D eigenvalue weighted by Gasteiger charge is -2.31. The van der Waals surface area contributed by atoms with Crippen molar-refractivity contribution in [2.24, 2.45) is 11.7 Å². The number of nitrogens with two attached hydrogens (primary N) is 1. The molecule has 2 aromatic rings. The molecule has 3 atom stereocenters. The van der Waals surface area contributed by atoms with E-state index in [1.165, 1.54) is 4.90 Å². The molecule has 3 rings (SSSR count). The Balaban J connectivity index is 1.57. The van der Waals surface area contributed by atoms with Gasteiger partial charge in [-0.1, -0.05) is 41.9 Å². The third-order valence-corrected chi connectivity index (χ3v) is 5.33. The monoisotopic (exact) mass is 418 g/mol. The van der Waals surface area contributed by atoms with Crippen LogP contribution in [0, 0.1) is 5.92 Å². The first-order chi connectivity index (χ1) is 14.5. The number of benzene rings is 1. The summed E-state index contributed by atoms with van der Waals surface area (Å²) in [6, 6.07) is 8.23. The van der Waals surface area contributed by atoms with E-state index in [2.05, 4.69) is 14.7 Å². The van der Waals surface area contributed by atoms with Gasteiger partial charge in [0.2, 0.25) is 0 Å². The standard InChI is InChI=1S/C20H26N4O6/c21-15-10-11-24(20(28)29-12-13-6-2-1-3-7-13)17(15)14(18(25)26)8-4-5-9-16-22-19(27)30-23-16/h1-3,6-7,14-15,17H,4-5,8-12,21H2,(H,25,26)(H,22,23,27). The number of nitrogens with zero attached hydrogens (tertiary/aromatic N) is 2. The quantitative estimate of drug-likeness (QED) is 0.518. The number of hydrogen-bond donors (Lipinski definition) is 3. The van der Waals surface area contributed by atoms with Crippen molar-refractivity contribution in [1.82, 2.24) is 15.0 Å². The Kier molecular flexibility index (Phi) is 7.23. The number of nitrogens with one attached hydrogen (secondary N) is 1. The number of likely N-dealkylation sites (tertiary alicyclic amines) is 1. The maximum Gasteiger partial charge on any atom is 0.438 e. The van der Waals surface area contributed by atoms with Gasteiger partial charge in [-0.25, -0.2) is 9.59 Å². The number of hydrogen-bond acceptors (Lipinski definition) is 7. The minimum Gasteiger partial charge on any atom is -0.481 e. The number of carboxylic acid groups (broad SMARTS) is 1. The predicted octanol–water partition coefficient (Wildman–Crippen LogP) is 1.51. The Morgan fingerprint density at radius 3 is 2.77 bits per heavy atom. The van der Waals surface area contributed by atoms with Crippen LogP contribution in [-0.2, 0) is 22.6 Å². The smallest absolute Gasteiger partial charge is 0.438 e. The third kappa shape index (κ3) is 5.47. The van der Waals surface area contributed by atoms with Gasteiger partial charge >= 0.3 is 17.8 Å². The van der Waals surface area contributed by atoms with Crippen LogP contribution in [0.2, 0.25) is 0 Å². The number of amides is 1. The highest BCUT2D eigenvalue weighted by molar-refractivity contribution is 5.74. The minimum absolute atomic E-state index is 0.117. The number of unbranched alkanes of at least 4 members (excludes halogenated alkanes) is 1. The van der Waals surface area contributed by atoms with Gasteiger partial charge < -0.3 is 20.5 Å². The van der Waals surface area contributed by atoms with Crippen molar-refractivity contribution in [3.63, 3.8) is 0 Å². The van der Waals surface area contributed by atoms with E-state index in [-0.39, 0.29) is 6.61 Å². The van der Waals surface area contributed by atoms with Gasteiger partial charge in [0.25, 0.3) is 0 Å². The molecule has 1 aliphatic heterocycles. The van der Waals surface area contributed by atoms with Crippen LogP contribution in [0.4, 0.5) is 4.79 Å². The first kappa shape index (κ1) is 21.6. The molecule has 10 nitrogen and oxygen atoms in total. The molecule has 10 heteroatoms. The molecule has 2 heterocycles. The largest absolute Gasteiger partial charge is 0.481 e. The molecule has 0 radical (unpaired) electrons. The van der Waals surface area contributed by atoms with E-state index in [4.69, 9.17) is 10.5 Å². The summed E-state index contributed by atoms with van der Waals surface area (Å²) in [5.41, 5.74) is 7.03. The minimum atomic E-state index is -0.993. The molecule has 0 bridgehead atoms. The van der Waals surface area contributed by atoms with Gasteiger partial charge in [0, 0.05) is 19.0 Å². The van der Waals surface area contributed by atoms with Gasteiger partial charge in [-0.3, -0.25) is 14.3 Å². The fourth-order valence-corrected chi connectivity index (χ4v) is 3.84. The van der Waals surface area contributed by atoms with Crippen LogP contribution in [0.15, 0.2) is 39.6 Å². The van der Waals surface area contributed by atoms with Crippen molar-refractivity contribution in [3.05, 3.63) is 52.3 Å². The lowest BCUT2D eigenvalue weighted by Crippen LogP contribution is -2.49. The molecule has 1 saturated heterocycles. The topological polar surface area (TPSA) is 152 Å². The van der Waals surface area contributed by atoms with Crippen LogP contribution >= 0.6 is 0 Å². The van der Waals surface area contributed by atoms with Crippen molar-refractivity contribution >= 4 is 12.1 Å². The van der Waals surface area contributed by atoms with E-state index in [1.54, 1.807) is 0 Å². The summed E-state index contributed by atoms with van der Waals surface area (Å²) in [6.45, 7) is 0.481. The second-order valence-electron chi connectivity index (χ2n) is 7.41. The Morgan fingerprint density at radius 2 is 2.10 bits per heavy atom. The number of ether oxygens (including phenoxy) is 1. The number of rotatable bonds is 9. The van der Waals surface area contributed by atoms with Crippen LogP contribution in [0.5, 0.6) is 0 Å². The van der Waals surface area contributed by atoms with Crippen LogP contribution in [-0.4, -0.2) is 50.8 Å². The summed E-state index contributed by atoms with van der Waals surface area (Å²) in [5, 5.41) is 13.4. The Hall–Kier alpha value is -3.14. The summed E-state index contributed by atoms with van der Waals surface area (Å²) in [4.78, 5) is 39.4. The SMILES string of the molecule is NC1CCN(C(=O)OCc2ccccc2)C1C(CCCCc1noc(=O)[nH]1)C(=O)O. The van der Waals surface area contributed by atoms with Crippen molar-refractivity contribution < 1.29 is 24.0 Å². The molecule has 162 valence electrons. The molecule has 0 aliphatic carbocycles. The van der Waals surface area contributed by atoms with Crippen molar-refractivity contribution in [2.45, 2.75) is 50.8 Å². The zero-order valence-corrected chi connectivity index (χ0v) is 16.5. The number of carbonyl (C=O) groups is 2. The number of aromatic nitrogens is 2. The lowest BCUT2D eigenvalue weighted by atomic mass is 9.89. The number of carbonyl (C=O) groups excluding carboxylic acids is 1. The number of aromatic amines is 1. The highest BCUT2D eigenvalue weighted by Gasteiger charge is 2.43. The summed E-state index contributed by atoms with van der Waals surface area (Å²) in [5.74, 6) is -1.98. The molecule has 0 spiro atoms. The number of carboxylic acids is 1. The van der Waals surface area contributed by atoms with E-state index in [0.717, 1.165) is 5.56 Å². The van der Waals surface area contributed by atoms with Crippen LogP contribution in [0.1, 0.15) is 37.1 Å². The third-order valence-electron chi connectivity index (χ3n) is 5.33. The van der Waals surface area contributed by atoms with Gasteiger partial charge in [0.05, 0.1) is 12.0 Å². The summed E-state index contributed by atoms with van der Waals surface area (Å²) in [6.07, 6.45) is 1.97. The first-order valence-electron chi connectivity index (χ1n) is 9.96. The van der Waals surface area contributed by atoms with Gasteiger partial charge in [-0.05, 0) is 24.8 Å². The van der Waals surface area contributed by atoms with Gasteiger partial charge in [-0.2, -0.15) is 0 Å². The number of H-pyrrole nitrogens is 1. The fraction of sp³-hybridized carbons (Fsp3) is 0.500. The molecule has 1 amide bonds. The normalized spacial score (nSPS) is 19.6. The fourth-order valence-electron chi connectivity index (χ4n) is 3.84. The van der Waals surface area contributed by atoms with Crippen LogP contribution in [0.3, 0.4) is 0 Å². The molecule has 1 fully saturated rings. The van der Waals surface area contributed by atoms with Crippen molar-refractivity contribution in [3.8, 4) is 0 Å². The first-order valence-corrected chi connectivity index (χ1v) is 9.96. The zero-order chi connectivity index (χ0) is 21.5. The molecular weight excluding hydrogens is 392 g/mol. The van der Waals surface area contributed by atoms with E-state index in [0.29, 0.717) is 44.5 Å². The highest BCUT2D eigenvalue weighted by Crippen LogP contribution is 2.28. The lowest BCUT2D eigenvalue weighted by molar-refractivity contribution is -0.144. The van der Waals surface area contributed by atoms with Gasteiger partial charge in [-0.15, -0.1) is 0 Å². The molecule has 1 aromatic carbocycles. The van der Waals surface area contributed by atoms with E-state index < -0.39 is 35.8 Å². The van der Waals surface area contributed by atoms with E-state index in [1.807, 2.05) is 30.3 Å². The molecular formula is C20H26N4O6. The van der Waals surface area contributed by atoms with E-state index in [9.17, 15) is 19.5 Å². The number of aryl methyl sites for hydroxylation is 1. The highest BCUT2D eigenvalue weighted by atomic mass is 16.6. The maximum absolute atomic E-state index is 12.6. The van der Waals surface area contributed by atoms with Crippen LogP contribution in [0.25, 0.3) is 0 Å².